The summed E-state index contributed by atoms with van der Waals surface area (Å²) in [7, 11) is 2.73. The minimum atomic E-state index is -0.713. The highest BCUT2D eigenvalue weighted by molar-refractivity contribution is 6.47. The quantitative estimate of drug-likeness (QED) is 0.570. The zero-order chi connectivity index (χ0) is 18.2. The topological polar surface area (TPSA) is 78.9 Å². The fourth-order valence-electron chi connectivity index (χ4n) is 5.21. The van der Waals surface area contributed by atoms with E-state index in [0.717, 1.165) is 18.8 Å². The smallest absolute Gasteiger partial charge is 0.268 e. The van der Waals surface area contributed by atoms with Crippen molar-refractivity contribution in [1.29, 1.82) is 0 Å². The fraction of sp³-hybridized carbons (Fsp3) is 0.450. The Morgan fingerprint density at radius 2 is 1.65 bits per heavy atom. The molecule has 3 fully saturated rings. The van der Waals surface area contributed by atoms with Gasteiger partial charge in [-0.2, -0.15) is 0 Å². The first kappa shape index (κ1) is 15.6. The minimum absolute atomic E-state index is 0.0389. The number of methoxy groups -OCH3 is 2. The molecule has 0 aromatic rings. The van der Waals surface area contributed by atoms with Crippen LogP contribution >= 0.6 is 0 Å². The molecule has 1 heterocycles. The van der Waals surface area contributed by atoms with Crippen molar-refractivity contribution < 1.29 is 28.6 Å². The van der Waals surface area contributed by atoms with Gasteiger partial charge in [0.25, 0.3) is 11.6 Å². The maximum absolute atomic E-state index is 12.4. The molecule has 0 N–H and O–H groups in total. The lowest BCUT2D eigenvalue weighted by molar-refractivity contribution is -0.134. The van der Waals surface area contributed by atoms with E-state index in [1.54, 1.807) is 0 Å². The fourth-order valence-corrected chi connectivity index (χ4v) is 5.21. The molecule has 5 aliphatic rings. The van der Waals surface area contributed by atoms with Crippen LogP contribution in [0.25, 0.3) is 0 Å². The Bertz CT molecular complexity index is 863. The minimum Gasteiger partial charge on any atom is -0.492 e. The van der Waals surface area contributed by atoms with Crippen molar-refractivity contribution >= 4 is 17.3 Å². The lowest BCUT2D eigenvalue weighted by atomic mass is 9.74. The first-order valence-electron chi connectivity index (χ1n) is 8.82. The van der Waals surface area contributed by atoms with Gasteiger partial charge >= 0.3 is 0 Å². The Balaban J connectivity index is 1.56. The van der Waals surface area contributed by atoms with Crippen LogP contribution in [0.1, 0.15) is 19.3 Å². The van der Waals surface area contributed by atoms with Gasteiger partial charge in [0.05, 0.1) is 14.2 Å². The molecule has 0 bridgehead atoms. The van der Waals surface area contributed by atoms with Crippen molar-refractivity contribution in [1.82, 2.24) is 0 Å². The summed E-state index contributed by atoms with van der Waals surface area (Å²) in [5, 5.41) is 0. The van der Waals surface area contributed by atoms with Crippen LogP contribution in [0.15, 0.2) is 46.8 Å². The van der Waals surface area contributed by atoms with Crippen molar-refractivity contribution in [2.75, 3.05) is 14.2 Å². The highest BCUT2D eigenvalue weighted by Crippen LogP contribution is 2.89. The van der Waals surface area contributed by atoms with Crippen molar-refractivity contribution in [3.63, 3.8) is 0 Å². The third-order valence-electron chi connectivity index (χ3n) is 6.46. The maximum Gasteiger partial charge on any atom is 0.268 e. The Morgan fingerprint density at radius 3 is 2.23 bits per heavy atom. The van der Waals surface area contributed by atoms with Crippen LogP contribution in [-0.2, 0) is 28.6 Å². The molecule has 6 heteroatoms. The highest BCUT2D eigenvalue weighted by atomic mass is 16.5. The number of carbonyl (C=O) groups is 3. The molecule has 0 radical (unpaired) electrons. The van der Waals surface area contributed by atoms with E-state index in [1.807, 2.05) is 0 Å². The molecule has 0 aromatic heterocycles. The van der Waals surface area contributed by atoms with E-state index >= 15 is 0 Å². The summed E-state index contributed by atoms with van der Waals surface area (Å²) in [6.07, 6.45) is 7.60. The van der Waals surface area contributed by atoms with Crippen LogP contribution in [0.3, 0.4) is 0 Å². The lowest BCUT2D eigenvalue weighted by Crippen LogP contribution is -2.32. The van der Waals surface area contributed by atoms with E-state index < -0.39 is 17.3 Å². The van der Waals surface area contributed by atoms with Gasteiger partial charge in [-0.1, -0.05) is 6.42 Å². The first-order valence-corrected chi connectivity index (χ1v) is 8.82. The van der Waals surface area contributed by atoms with Crippen molar-refractivity contribution in [3.05, 3.63) is 46.8 Å². The molecule has 1 aliphatic heterocycles. The van der Waals surface area contributed by atoms with Gasteiger partial charge in [-0.15, -0.1) is 0 Å². The molecule has 3 saturated carbocycles. The van der Waals surface area contributed by atoms with E-state index in [0.29, 0.717) is 23.2 Å². The summed E-state index contributed by atoms with van der Waals surface area (Å²) < 4.78 is 16.2. The molecule has 2 unspecified atom stereocenters. The van der Waals surface area contributed by atoms with Crippen molar-refractivity contribution in [3.8, 4) is 0 Å². The molecular formula is C20H18O6. The second-order valence-electron chi connectivity index (χ2n) is 7.49. The number of allylic oxidation sites excluding steroid dienone is 6. The first-order chi connectivity index (χ1) is 12.5. The summed E-state index contributed by atoms with van der Waals surface area (Å²) in [5.74, 6) is 0.928. The third-order valence-corrected chi connectivity index (χ3v) is 6.46. The molecule has 0 aromatic carbocycles. The summed E-state index contributed by atoms with van der Waals surface area (Å²) in [6.45, 7) is 0. The van der Waals surface area contributed by atoms with E-state index in [1.165, 1.54) is 38.9 Å². The van der Waals surface area contributed by atoms with Crippen LogP contribution in [-0.4, -0.2) is 31.6 Å². The van der Waals surface area contributed by atoms with Gasteiger partial charge in [-0.25, -0.2) is 0 Å². The van der Waals surface area contributed by atoms with Gasteiger partial charge in [0.2, 0.25) is 5.78 Å². The van der Waals surface area contributed by atoms with Crippen LogP contribution in [0.4, 0.5) is 0 Å². The standard InChI is InChI=1S/C20H18O6/c1-24-12-6-9(7-13(25-2)18(12)23)19-17(22)11(21)8-14(26-19)20-5-3-4-10-15(20)16(10)20/h6-8,10,15-16H,3-5H2,1-2H3. The van der Waals surface area contributed by atoms with Gasteiger partial charge in [-0.05, 0) is 42.7 Å². The predicted molar refractivity (Wildman–Crippen MR) is 88.2 cm³/mol. The molecule has 4 aliphatic carbocycles. The van der Waals surface area contributed by atoms with Gasteiger partial charge < -0.3 is 14.2 Å². The van der Waals surface area contributed by atoms with Gasteiger partial charge in [-0.3, -0.25) is 14.4 Å². The number of ketones is 3. The summed E-state index contributed by atoms with van der Waals surface area (Å²) in [4.78, 5) is 36.9. The lowest BCUT2D eigenvalue weighted by Gasteiger charge is -2.35. The van der Waals surface area contributed by atoms with Crippen molar-refractivity contribution in [2.24, 2.45) is 23.2 Å². The largest absolute Gasteiger partial charge is 0.492 e. The van der Waals surface area contributed by atoms with Crippen LogP contribution in [0, 0.1) is 23.2 Å². The number of ether oxygens (including phenoxy) is 3. The Hall–Kier alpha value is -2.63. The molecule has 0 saturated heterocycles. The van der Waals surface area contributed by atoms with Crippen LogP contribution in [0.2, 0.25) is 0 Å². The van der Waals surface area contributed by atoms with E-state index in [9.17, 15) is 14.4 Å². The van der Waals surface area contributed by atoms with Crippen molar-refractivity contribution in [2.45, 2.75) is 19.3 Å². The number of carbonyl (C=O) groups excluding carboxylic acids is 3. The summed E-state index contributed by atoms with van der Waals surface area (Å²) >= 11 is 0. The third kappa shape index (κ3) is 1.79. The van der Waals surface area contributed by atoms with E-state index in [2.05, 4.69) is 0 Å². The Morgan fingerprint density at radius 1 is 1.00 bits per heavy atom. The van der Waals surface area contributed by atoms with Crippen LogP contribution < -0.4 is 0 Å². The average Bonchev–Trinajstić information content (AvgIpc) is 3.56. The van der Waals surface area contributed by atoms with Gasteiger partial charge in [0.1, 0.15) is 5.76 Å². The number of Topliss-reactive ketones (excluding diaryl/α,β-unsaturated/α-hetero) is 2. The number of hydrogen-bond donors (Lipinski definition) is 0. The van der Waals surface area contributed by atoms with E-state index in [4.69, 9.17) is 14.2 Å². The Labute approximate surface area is 150 Å². The molecule has 0 amide bonds. The molecule has 2 atom stereocenters. The predicted octanol–water partition coefficient (Wildman–Crippen LogP) is 1.98. The SMILES string of the molecule is COC1=CC(=C2OC(C34CCCC5C3C54)=CC(=O)C2=O)C=C(OC)C1=O. The van der Waals surface area contributed by atoms with Crippen LogP contribution in [0.5, 0.6) is 0 Å². The molecule has 0 spiro atoms. The monoisotopic (exact) mass is 354 g/mol. The van der Waals surface area contributed by atoms with Gasteiger partial charge in [0, 0.05) is 17.1 Å². The Kier molecular flexibility index (Phi) is 2.98. The number of fused-ring (bicyclic) bond motifs is 2. The summed E-state index contributed by atoms with van der Waals surface area (Å²) in [5.41, 5.74) is 0.275. The zero-order valence-electron chi connectivity index (χ0n) is 14.5. The molecule has 134 valence electrons. The van der Waals surface area contributed by atoms with E-state index in [-0.39, 0.29) is 22.7 Å². The molecule has 26 heavy (non-hydrogen) atoms. The average molecular weight is 354 g/mol. The second kappa shape index (κ2) is 4.96. The van der Waals surface area contributed by atoms with Gasteiger partial charge in [0.15, 0.2) is 17.3 Å². The zero-order valence-corrected chi connectivity index (χ0v) is 14.5. The molecule has 5 rings (SSSR count). The second-order valence-corrected chi connectivity index (χ2v) is 7.49. The normalized spacial score (nSPS) is 37.2. The number of hydrogen-bond acceptors (Lipinski definition) is 6. The maximum atomic E-state index is 12.4. The summed E-state index contributed by atoms with van der Waals surface area (Å²) in [6, 6.07) is 0. The molecular weight excluding hydrogens is 336 g/mol. The number of rotatable bonds is 3. The highest BCUT2D eigenvalue weighted by Gasteiger charge is 2.86. The molecule has 6 nitrogen and oxygen atoms in total.